The molecule has 2 aromatic rings. The zero-order valence-electron chi connectivity index (χ0n) is 11.7. The number of aromatic amines is 1. The van der Waals surface area contributed by atoms with E-state index < -0.39 is 0 Å². The molecule has 0 spiro atoms. The second-order valence-corrected chi connectivity index (χ2v) is 5.32. The van der Waals surface area contributed by atoms with Gasteiger partial charge in [-0.2, -0.15) is 0 Å². The van der Waals surface area contributed by atoms with Crippen LogP contribution >= 0.6 is 0 Å². The van der Waals surface area contributed by atoms with E-state index in [9.17, 15) is 4.79 Å². The maximum atomic E-state index is 12.3. The third-order valence-corrected chi connectivity index (χ3v) is 4.00. The van der Waals surface area contributed by atoms with Crippen molar-refractivity contribution >= 4 is 5.91 Å². The number of nitrogens with one attached hydrogen (secondary N) is 1. The van der Waals surface area contributed by atoms with Gasteiger partial charge in [0.05, 0.1) is 24.3 Å². The Labute approximate surface area is 118 Å². The zero-order valence-corrected chi connectivity index (χ0v) is 11.7. The Bertz CT molecular complexity index is 618. The molecule has 1 aromatic heterocycles. The first kappa shape index (κ1) is 12.9. The van der Waals surface area contributed by atoms with Crippen LogP contribution in [0.1, 0.15) is 28.9 Å². The number of carbonyl (C=O) groups excluding carboxylic acids is 1. The quantitative estimate of drug-likeness (QED) is 0.929. The molecule has 4 heteroatoms. The van der Waals surface area contributed by atoms with Gasteiger partial charge in [0, 0.05) is 19.4 Å². The van der Waals surface area contributed by atoms with Crippen LogP contribution in [0.4, 0.5) is 0 Å². The first-order valence-corrected chi connectivity index (χ1v) is 7.07. The van der Waals surface area contributed by atoms with Gasteiger partial charge in [0.1, 0.15) is 0 Å². The van der Waals surface area contributed by atoms with E-state index in [0.717, 1.165) is 30.8 Å². The van der Waals surface area contributed by atoms with Crippen molar-refractivity contribution in [3.63, 3.8) is 0 Å². The molecule has 2 heterocycles. The summed E-state index contributed by atoms with van der Waals surface area (Å²) < 4.78 is 0. The highest BCUT2D eigenvalue weighted by atomic mass is 16.2. The number of amides is 1. The van der Waals surface area contributed by atoms with E-state index in [0.29, 0.717) is 13.0 Å². The van der Waals surface area contributed by atoms with Gasteiger partial charge < -0.3 is 9.88 Å². The highest BCUT2D eigenvalue weighted by Gasteiger charge is 2.21. The van der Waals surface area contributed by atoms with E-state index >= 15 is 0 Å². The molecule has 0 saturated heterocycles. The number of aromatic nitrogens is 2. The smallest absolute Gasteiger partial charge is 0.223 e. The Hall–Kier alpha value is -2.10. The van der Waals surface area contributed by atoms with Crippen LogP contribution < -0.4 is 0 Å². The molecule has 0 aliphatic carbocycles. The average molecular weight is 269 g/mol. The molecular weight excluding hydrogens is 250 g/mol. The number of hydrogen-bond acceptors (Lipinski definition) is 2. The van der Waals surface area contributed by atoms with Gasteiger partial charge in [0.15, 0.2) is 0 Å². The van der Waals surface area contributed by atoms with E-state index in [2.05, 4.69) is 29.0 Å². The lowest BCUT2D eigenvalue weighted by Crippen LogP contribution is -2.36. The highest BCUT2D eigenvalue weighted by molar-refractivity contribution is 5.76. The summed E-state index contributed by atoms with van der Waals surface area (Å²) in [6, 6.07) is 8.26. The molecule has 4 nitrogen and oxygen atoms in total. The van der Waals surface area contributed by atoms with E-state index in [1.54, 1.807) is 6.33 Å². The third kappa shape index (κ3) is 2.59. The van der Waals surface area contributed by atoms with Gasteiger partial charge in [0.2, 0.25) is 5.91 Å². The van der Waals surface area contributed by atoms with Crippen molar-refractivity contribution in [2.24, 2.45) is 0 Å². The Kier molecular flexibility index (Phi) is 3.54. The molecule has 3 rings (SSSR count). The van der Waals surface area contributed by atoms with E-state index in [1.165, 1.54) is 11.1 Å². The number of hydrogen-bond donors (Lipinski definition) is 1. The number of imidazole rings is 1. The van der Waals surface area contributed by atoms with Crippen molar-refractivity contribution in [3.8, 4) is 0 Å². The van der Waals surface area contributed by atoms with E-state index in [-0.39, 0.29) is 5.91 Å². The SMILES string of the molecule is Cc1ccccc1CCC(=O)N1CCc2nc[nH]c2C1. The van der Waals surface area contributed by atoms with Crippen LogP contribution in [-0.4, -0.2) is 27.3 Å². The predicted molar refractivity (Wildman–Crippen MR) is 77.2 cm³/mol. The van der Waals surface area contributed by atoms with Crippen LogP contribution in [0.5, 0.6) is 0 Å². The van der Waals surface area contributed by atoms with Crippen LogP contribution in [0.25, 0.3) is 0 Å². The normalized spacial score (nSPS) is 14.2. The summed E-state index contributed by atoms with van der Waals surface area (Å²) in [7, 11) is 0. The fourth-order valence-corrected chi connectivity index (χ4v) is 2.72. The number of benzene rings is 1. The second kappa shape index (κ2) is 5.49. The van der Waals surface area contributed by atoms with Crippen molar-refractivity contribution in [2.75, 3.05) is 6.54 Å². The van der Waals surface area contributed by atoms with Gasteiger partial charge in [-0.1, -0.05) is 24.3 Å². The lowest BCUT2D eigenvalue weighted by molar-refractivity contribution is -0.132. The monoisotopic (exact) mass is 269 g/mol. The molecule has 1 aliphatic rings. The lowest BCUT2D eigenvalue weighted by Gasteiger charge is -2.26. The molecule has 1 aromatic carbocycles. The van der Waals surface area contributed by atoms with Crippen molar-refractivity contribution < 1.29 is 4.79 Å². The minimum absolute atomic E-state index is 0.230. The maximum Gasteiger partial charge on any atom is 0.223 e. The van der Waals surface area contributed by atoms with Crippen molar-refractivity contribution in [3.05, 3.63) is 53.1 Å². The van der Waals surface area contributed by atoms with Crippen LogP contribution in [0, 0.1) is 6.92 Å². The first-order chi connectivity index (χ1) is 9.74. The predicted octanol–water partition coefficient (Wildman–Crippen LogP) is 2.24. The summed E-state index contributed by atoms with van der Waals surface area (Å²) in [4.78, 5) is 21.6. The summed E-state index contributed by atoms with van der Waals surface area (Å²) in [5.74, 6) is 0.230. The highest BCUT2D eigenvalue weighted by Crippen LogP contribution is 2.17. The number of aryl methyl sites for hydroxylation is 2. The Morgan fingerprint density at radius 3 is 3.10 bits per heavy atom. The van der Waals surface area contributed by atoms with Gasteiger partial charge in [0.25, 0.3) is 0 Å². The van der Waals surface area contributed by atoms with Crippen LogP contribution in [0.2, 0.25) is 0 Å². The summed E-state index contributed by atoms with van der Waals surface area (Å²) in [5, 5.41) is 0. The van der Waals surface area contributed by atoms with Crippen molar-refractivity contribution in [1.82, 2.24) is 14.9 Å². The number of H-pyrrole nitrogens is 1. The van der Waals surface area contributed by atoms with Gasteiger partial charge >= 0.3 is 0 Å². The molecule has 0 radical (unpaired) electrons. The standard InChI is InChI=1S/C16H19N3O/c1-12-4-2-3-5-13(12)6-7-16(20)19-9-8-14-15(10-19)18-11-17-14/h2-5,11H,6-10H2,1H3,(H,17,18). The number of fused-ring (bicyclic) bond motifs is 1. The molecule has 0 saturated carbocycles. The Morgan fingerprint density at radius 2 is 2.25 bits per heavy atom. The number of carbonyl (C=O) groups is 1. The fourth-order valence-electron chi connectivity index (χ4n) is 2.72. The van der Waals surface area contributed by atoms with Crippen LogP contribution in [0.15, 0.2) is 30.6 Å². The molecule has 0 unspecified atom stereocenters. The summed E-state index contributed by atoms with van der Waals surface area (Å²) in [6.45, 7) is 3.55. The fraction of sp³-hybridized carbons (Fsp3) is 0.375. The van der Waals surface area contributed by atoms with Gasteiger partial charge in [-0.15, -0.1) is 0 Å². The third-order valence-electron chi connectivity index (χ3n) is 4.00. The van der Waals surface area contributed by atoms with Crippen LogP contribution in [-0.2, 0) is 24.2 Å². The van der Waals surface area contributed by atoms with Gasteiger partial charge in [-0.25, -0.2) is 4.98 Å². The van der Waals surface area contributed by atoms with Gasteiger partial charge in [-0.05, 0) is 24.5 Å². The second-order valence-electron chi connectivity index (χ2n) is 5.32. The zero-order chi connectivity index (χ0) is 13.9. The molecule has 1 amide bonds. The minimum Gasteiger partial charge on any atom is -0.347 e. The molecular formula is C16H19N3O. The topological polar surface area (TPSA) is 49.0 Å². The lowest BCUT2D eigenvalue weighted by atomic mass is 10.0. The first-order valence-electron chi connectivity index (χ1n) is 7.07. The molecule has 0 bridgehead atoms. The van der Waals surface area contributed by atoms with Crippen molar-refractivity contribution in [2.45, 2.75) is 32.7 Å². The Balaban J connectivity index is 1.59. The number of rotatable bonds is 3. The van der Waals surface area contributed by atoms with E-state index in [4.69, 9.17) is 0 Å². The summed E-state index contributed by atoms with van der Waals surface area (Å²) in [6.07, 6.45) is 3.97. The molecule has 104 valence electrons. The van der Waals surface area contributed by atoms with E-state index in [1.807, 2.05) is 17.0 Å². The number of nitrogens with zero attached hydrogens (tertiary/aromatic N) is 2. The summed E-state index contributed by atoms with van der Waals surface area (Å²) >= 11 is 0. The molecule has 0 atom stereocenters. The average Bonchev–Trinajstić information content (AvgIpc) is 2.93. The van der Waals surface area contributed by atoms with Crippen LogP contribution in [0.3, 0.4) is 0 Å². The molecule has 1 aliphatic heterocycles. The Morgan fingerprint density at radius 1 is 1.40 bits per heavy atom. The van der Waals surface area contributed by atoms with Gasteiger partial charge in [-0.3, -0.25) is 4.79 Å². The maximum absolute atomic E-state index is 12.3. The molecule has 0 fully saturated rings. The van der Waals surface area contributed by atoms with Crippen molar-refractivity contribution in [1.29, 1.82) is 0 Å². The molecule has 1 N–H and O–H groups in total. The summed E-state index contributed by atoms with van der Waals surface area (Å²) in [5.41, 5.74) is 4.71. The minimum atomic E-state index is 0.230. The largest absolute Gasteiger partial charge is 0.347 e. The molecule has 20 heavy (non-hydrogen) atoms.